The summed E-state index contributed by atoms with van der Waals surface area (Å²) in [7, 11) is 0. The second kappa shape index (κ2) is 11.1. The van der Waals surface area contributed by atoms with E-state index in [-0.39, 0.29) is 12.5 Å². The number of nitrogens with one attached hydrogen (secondary N) is 2. The van der Waals surface area contributed by atoms with Gasteiger partial charge in [-0.1, -0.05) is 13.8 Å². The van der Waals surface area contributed by atoms with Gasteiger partial charge in [0, 0.05) is 6.54 Å². The molecular formula is C18H32N4O7. The fourth-order valence-electron chi connectivity index (χ4n) is 3.14. The van der Waals surface area contributed by atoms with Crippen LogP contribution in [-0.2, 0) is 19.2 Å². The first-order valence-electron chi connectivity index (χ1n) is 9.68. The number of hydrogen-bond acceptors (Lipinski definition) is 7. The van der Waals surface area contributed by atoms with Crippen LogP contribution in [0.15, 0.2) is 0 Å². The van der Waals surface area contributed by atoms with Crippen molar-refractivity contribution < 1.29 is 34.5 Å². The molecule has 1 fully saturated rings. The monoisotopic (exact) mass is 416 g/mol. The summed E-state index contributed by atoms with van der Waals surface area (Å²) >= 11 is 0. The second-order valence-corrected chi connectivity index (χ2v) is 7.73. The van der Waals surface area contributed by atoms with E-state index in [9.17, 15) is 24.3 Å². The number of carbonyl (C=O) groups is 4. The molecule has 1 aliphatic heterocycles. The predicted octanol–water partition coefficient (Wildman–Crippen LogP) is -2.22. The molecule has 0 saturated carbocycles. The first-order chi connectivity index (χ1) is 13.5. The van der Waals surface area contributed by atoms with Crippen LogP contribution in [0, 0.1) is 5.92 Å². The Morgan fingerprint density at radius 2 is 1.76 bits per heavy atom. The first-order valence-corrected chi connectivity index (χ1v) is 9.68. The zero-order valence-corrected chi connectivity index (χ0v) is 17.0. The van der Waals surface area contributed by atoms with Gasteiger partial charge in [0.05, 0.1) is 12.7 Å². The lowest BCUT2D eigenvalue weighted by Gasteiger charge is -2.30. The standard InChI is InChI=1S/C18H32N4O7/c1-9(2)7-11(20-16(26)14(19)10(3)24)17(27)22-6-4-5-13(22)15(25)21-12(8-23)18(28)29/h9-14,23-24H,4-8,19H2,1-3H3,(H,20,26)(H,21,25)(H,28,29). The van der Waals surface area contributed by atoms with Crippen LogP contribution in [-0.4, -0.2) is 87.3 Å². The van der Waals surface area contributed by atoms with Crippen LogP contribution in [0.2, 0.25) is 0 Å². The van der Waals surface area contributed by atoms with E-state index in [0.29, 0.717) is 19.3 Å². The lowest BCUT2D eigenvalue weighted by atomic mass is 10.0. The molecule has 1 rings (SSSR count). The van der Waals surface area contributed by atoms with E-state index < -0.39 is 60.6 Å². The van der Waals surface area contributed by atoms with Crippen molar-refractivity contribution in [3.05, 3.63) is 0 Å². The van der Waals surface area contributed by atoms with Crippen LogP contribution in [0.4, 0.5) is 0 Å². The van der Waals surface area contributed by atoms with Crippen LogP contribution in [0.5, 0.6) is 0 Å². The highest BCUT2D eigenvalue weighted by molar-refractivity contribution is 5.94. The number of carboxylic acids is 1. The molecule has 0 aliphatic carbocycles. The maximum atomic E-state index is 13.1. The van der Waals surface area contributed by atoms with E-state index in [0.717, 1.165) is 0 Å². The first kappa shape index (κ1) is 24.8. The van der Waals surface area contributed by atoms with Gasteiger partial charge < -0.3 is 36.6 Å². The molecule has 11 nitrogen and oxygen atoms in total. The highest BCUT2D eigenvalue weighted by Crippen LogP contribution is 2.20. The number of rotatable bonds is 10. The number of carboxylic acid groups (broad SMARTS) is 1. The third kappa shape index (κ3) is 6.94. The fraction of sp³-hybridized carbons (Fsp3) is 0.778. The molecule has 1 saturated heterocycles. The molecule has 7 N–H and O–H groups in total. The lowest BCUT2D eigenvalue weighted by Crippen LogP contribution is -2.58. The maximum absolute atomic E-state index is 13.1. The molecule has 0 spiro atoms. The molecule has 5 unspecified atom stereocenters. The Kier molecular flexibility index (Phi) is 9.47. The molecule has 5 atom stereocenters. The third-order valence-corrected chi connectivity index (χ3v) is 4.78. The number of aliphatic hydroxyl groups is 2. The van der Waals surface area contributed by atoms with Crippen molar-refractivity contribution in [2.75, 3.05) is 13.2 Å². The molecule has 0 radical (unpaired) electrons. The van der Waals surface area contributed by atoms with Crippen LogP contribution in [0.1, 0.15) is 40.0 Å². The van der Waals surface area contributed by atoms with Gasteiger partial charge in [-0.3, -0.25) is 14.4 Å². The molecule has 1 aliphatic rings. The number of carbonyl (C=O) groups excluding carboxylic acids is 3. The van der Waals surface area contributed by atoms with E-state index in [4.69, 9.17) is 15.9 Å². The summed E-state index contributed by atoms with van der Waals surface area (Å²) < 4.78 is 0. The number of nitrogens with zero attached hydrogens (tertiary/aromatic N) is 1. The summed E-state index contributed by atoms with van der Waals surface area (Å²) in [5.41, 5.74) is 5.64. The van der Waals surface area contributed by atoms with Crippen molar-refractivity contribution in [2.24, 2.45) is 11.7 Å². The topological polar surface area (TPSA) is 182 Å². The summed E-state index contributed by atoms with van der Waals surface area (Å²) in [6.07, 6.45) is 0.0822. The Labute approximate surface area is 169 Å². The molecule has 166 valence electrons. The molecule has 11 heteroatoms. The van der Waals surface area contributed by atoms with Crippen LogP contribution < -0.4 is 16.4 Å². The number of hydrogen-bond donors (Lipinski definition) is 6. The SMILES string of the molecule is CC(C)CC(NC(=O)C(N)C(C)O)C(=O)N1CCCC1C(=O)NC(CO)C(=O)O. The Bertz CT molecular complexity index is 611. The zero-order chi connectivity index (χ0) is 22.3. The Morgan fingerprint density at radius 3 is 2.24 bits per heavy atom. The summed E-state index contributed by atoms with van der Waals surface area (Å²) in [5, 5.41) is 32.4. The van der Waals surface area contributed by atoms with Gasteiger partial charge in [0.15, 0.2) is 0 Å². The lowest BCUT2D eigenvalue weighted by molar-refractivity contribution is -0.146. The highest BCUT2D eigenvalue weighted by atomic mass is 16.4. The number of aliphatic carboxylic acids is 1. The maximum Gasteiger partial charge on any atom is 0.328 e. The zero-order valence-electron chi connectivity index (χ0n) is 17.0. The van der Waals surface area contributed by atoms with Gasteiger partial charge in [-0.25, -0.2) is 4.79 Å². The quantitative estimate of drug-likeness (QED) is 0.231. The fourth-order valence-corrected chi connectivity index (χ4v) is 3.14. The normalized spacial score (nSPS) is 20.7. The molecule has 3 amide bonds. The van der Waals surface area contributed by atoms with Gasteiger partial charge in [-0.05, 0) is 32.1 Å². The van der Waals surface area contributed by atoms with Crippen molar-refractivity contribution in [3.63, 3.8) is 0 Å². The minimum absolute atomic E-state index is 0.0488. The van der Waals surface area contributed by atoms with Crippen molar-refractivity contribution in [1.82, 2.24) is 15.5 Å². The average Bonchev–Trinajstić information content (AvgIpc) is 3.13. The molecule has 1 heterocycles. The molecular weight excluding hydrogens is 384 g/mol. The van der Waals surface area contributed by atoms with Crippen LogP contribution in [0.25, 0.3) is 0 Å². The smallest absolute Gasteiger partial charge is 0.328 e. The molecule has 29 heavy (non-hydrogen) atoms. The minimum Gasteiger partial charge on any atom is -0.480 e. The van der Waals surface area contributed by atoms with Crippen molar-refractivity contribution >= 4 is 23.7 Å². The van der Waals surface area contributed by atoms with E-state index in [1.165, 1.54) is 11.8 Å². The number of likely N-dealkylation sites (tertiary alicyclic amines) is 1. The van der Waals surface area contributed by atoms with Gasteiger partial charge in [0.1, 0.15) is 24.2 Å². The van der Waals surface area contributed by atoms with E-state index in [1.54, 1.807) is 0 Å². The summed E-state index contributed by atoms with van der Waals surface area (Å²) in [4.78, 5) is 50.1. The van der Waals surface area contributed by atoms with E-state index in [1.807, 2.05) is 13.8 Å². The van der Waals surface area contributed by atoms with Crippen molar-refractivity contribution in [3.8, 4) is 0 Å². The molecule has 0 bridgehead atoms. The Balaban J connectivity index is 2.94. The van der Waals surface area contributed by atoms with E-state index >= 15 is 0 Å². The van der Waals surface area contributed by atoms with Gasteiger partial charge >= 0.3 is 5.97 Å². The molecule has 0 aromatic carbocycles. The minimum atomic E-state index is -1.46. The highest BCUT2D eigenvalue weighted by Gasteiger charge is 2.39. The predicted molar refractivity (Wildman–Crippen MR) is 102 cm³/mol. The van der Waals surface area contributed by atoms with Crippen molar-refractivity contribution in [1.29, 1.82) is 0 Å². The van der Waals surface area contributed by atoms with Crippen LogP contribution in [0.3, 0.4) is 0 Å². The van der Waals surface area contributed by atoms with Gasteiger partial charge in [-0.2, -0.15) is 0 Å². The number of aliphatic hydroxyl groups excluding tert-OH is 2. The summed E-state index contributed by atoms with van der Waals surface area (Å²) in [6, 6.07) is -4.49. The van der Waals surface area contributed by atoms with Gasteiger partial charge in [-0.15, -0.1) is 0 Å². The largest absolute Gasteiger partial charge is 0.480 e. The molecule has 0 aromatic heterocycles. The van der Waals surface area contributed by atoms with Crippen LogP contribution >= 0.6 is 0 Å². The van der Waals surface area contributed by atoms with E-state index in [2.05, 4.69) is 10.6 Å². The second-order valence-electron chi connectivity index (χ2n) is 7.73. The van der Waals surface area contributed by atoms with Gasteiger partial charge in [0.25, 0.3) is 0 Å². The Morgan fingerprint density at radius 1 is 1.14 bits per heavy atom. The average molecular weight is 416 g/mol. The van der Waals surface area contributed by atoms with Crippen molar-refractivity contribution in [2.45, 2.75) is 70.3 Å². The molecule has 0 aromatic rings. The summed E-state index contributed by atoms with van der Waals surface area (Å²) in [6.45, 7) is 4.61. The third-order valence-electron chi connectivity index (χ3n) is 4.78. The Hall–Kier alpha value is -2.24. The van der Waals surface area contributed by atoms with Gasteiger partial charge in [0.2, 0.25) is 17.7 Å². The number of amides is 3. The number of nitrogens with two attached hydrogens (primary N) is 1. The summed E-state index contributed by atoms with van der Waals surface area (Å²) in [5.74, 6) is -3.15.